The largest absolute Gasteiger partial charge is 0.340 e. The summed E-state index contributed by atoms with van der Waals surface area (Å²) in [6, 6.07) is 2.40. The minimum absolute atomic E-state index is 0.0164. The van der Waals surface area contributed by atoms with Crippen LogP contribution in [-0.4, -0.2) is 55.9 Å². The fourth-order valence-corrected chi connectivity index (χ4v) is 4.86. The highest BCUT2D eigenvalue weighted by Gasteiger charge is 2.40. The molecule has 0 radical (unpaired) electrons. The molecule has 202 valence electrons. The van der Waals surface area contributed by atoms with E-state index in [9.17, 15) is 31.9 Å². The van der Waals surface area contributed by atoms with Crippen molar-refractivity contribution in [2.45, 2.75) is 51.1 Å². The van der Waals surface area contributed by atoms with Crippen LogP contribution in [0.4, 0.5) is 23.2 Å². The van der Waals surface area contributed by atoms with Crippen molar-refractivity contribution in [2.24, 2.45) is 0 Å². The molecule has 0 saturated heterocycles. The summed E-state index contributed by atoms with van der Waals surface area (Å²) in [7, 11) is 0. The van der Waals surface area contributed by atoms with Gasteiger partial charge in [-0.2, -0.15) is 15.4 Å². The number of Topliss-reactive ketones (excluding diaryl/α,β-unsaturated/α-hetero) is 1. The number of aromatic nitrogens is 5. The third-order valence-electron chi connectivity index (χ3n) is 6.62. The van der Waals surface area contributed by atoms with Crippen LogP contribution in [0, 0.1) is 6.92 Å². The van der Waals surface area contributed by atoms with E-state index in [1.807, 2.05) is 0 Å². The Morgan fingerprint density at radius 3 is 2.58 bits per heavy atom. The number of hydrogen-bond acceptors (Lipinski definition) is 6. The zero-order valence-corrected chi connectivity index (χ0v) is 20.4. The predicted octanol–water partition coefficient (Wildman–Crippen LogP) is 3.36. The standard InChI is InChI=1S/C24H25F4N7O3/c1-13-18(20(36)23(38)32-24(5-7-25,6-8-26)17-12-30-34-33-17)16-3-2-10-35(16)19(13)22(37)31-14-4-9-29-15(11-14)21(27)28/h4,9,11-12,21H,2-3,5-8,10H2,1H3,(H,32,38)(H,29,31,37)(H,30,33,34). The van der Waals surface area contributed by atoms with Crippen LogP contribution in [0.5, 0.6) is 0 Å². The molecule has 0 spiro atoms. The van der Waals surface area contributed by atoms with E-state index in [2.05, 4.69) is 31.0 Å². The van der Waals surface area contributed by atoms with E-state index in [0.29, 0.717) is 25.1 Å². The number of hydrogen-bond donors (Lipinski definition) is 3. The number of rotatable bonds is 11. The Kier molecular flexibility index (Phi) is 7.88. The minimum atomic E-state index is -2.83. The number of fused-ring (bicyclic) bond motifs is 1. The highest BCUT2D eigenvalue weighted by atomic mass is 19.3. The lowest BCUT2D eigenvalue weighted by molar-refractivity contribution is -0.119. The third-order valence-corrected chi connectivity index (χ3v) is 6.62. The molecule has 38 heavy (non-hydrogen) atoms. The highest BCUT2D eigenvalue weighted by Crippen LogP contribution is 2.32. The third kappa shape index (κ3) is 5.02. The van der Waals surface area contributed by atoms with Crippen molar-refractivity contribution >= 4 is 23.3 Å². The normalized spacial score (nSPS) is 13.0. The number of H-pyrrole nitrogens is 1. The molecule has 0 aromatic carbocycles. The summed E-state index contributed by atoms with van der Waals surface area (Å²) in [6.45, 7) is 0.0636. The lowest BCUT2D eigenvalue weighted by Gasteiger charge is -2.31. The first kappa shape index (κ1) is 26.9. The van der Waals surface area contributed by atoms with E-state index in [1.54, 1.807) is 4.57 Å². The van der Waals surface area contributed by atoms with Crippen molar-refractivity contribution in [1.29, 1.82) is 0 Å². The summed E-state index contributed by atoms with van der Waals surface area (Å²) < 4.78 is 54.6. The number of nitrogens with zero attached hydrogens (tertiary/aromatic N) is 4. The first-order valence-corrected chi connectivity index (χ1v) is 11.8. The van der Waals surface area contributed by atoms with E-state index in [0.717, 1.165) is 12.3 Å². The van der Waals surface area contributed by atoms with Gasteiger partial charge in [0.25, 0.3) is 24.0 Å². The van der Waals surface area contributed by atoms with Crippen LogP contribution in [0.15, 0.2) is 24.5 Å². The Balaban J connectivity index is 1.65. The molecule has 3 aromatic rings. The monoisotopic (exact) mass is 535 g/mol. The maximum Gasteiger partial charge on any atom is 0.293 e. The number of carbonyl (C=O) groups is 3. The Labute approximate surface area is 214 Å². The van der Waals surface area contributed by atoms with Crippen LogP contribution >= 0.6 is 0 Å². The molecular formula is C24H25F4N7O3. The molecule has 0 bridgehead atoms. The Hall–Kier alpha value is -4.10. The SMILES string of the molecule is Cc1c(C(=O)C(=O)NC(CCF)(CCF)c2cn[nH]n2)c2n(c1C(=O)Nc1ccnc(C(F)F)c1)CCC2. The second-order valence-corrected chi connectivity index (χ2v) is 8.87. The summed E-state index contributed by atoms with van der Waals surface area (Å²) in [6.07, 6.45) is -0.121. The fourth-order valence-electron chi connectivity index (χ4n) is 4.86. The number of halogens is 4. The maximum atomic E-state index is 13.5. The number of amides is 2. The Morgan fingerprint density at radius 2 is 1.95 bits per heavy atom. The van der Waals surface area contributed by atoms with E-state index >= 15 is 0 Å². The lowest BCUT2D eigenvalue weighted by atomic mass is 9.88. The quantitative estimate of drug-likeness (QED) is 0.196. The number of anilines is 1. The van der Waals surface area contributed by atoms with Gasteiger partial charge in [-0.3, -0.25) is 28.1 Å². The molecule has 0 fully saturated rings. The molecule has 3 N–H and O–H groups in total. The van der Waals surface area contributed by atoms with Gasteiger partial charge in [0.2, 0.25) is 0 Å². The van der Waals surface area contributed by atoms with Crippen LogP contribution in [0.25, 0.3) is 0 Å². The first-order valence-electron chi connectivity index (χ1n) is 11.8. The molecule has 14 heteroatoms. The van der Waals surface area contributed by atoms with Gasteiger partial charge in [0.1, 0.15) is 17.1 Å². The fraction of sp³-hybridized carbons (Fsp3) is 0.417. The zero-order valence-electron chi connectivity index (χ0n) is 20.4. The average molecular weight is 536 g/mol. The summed E-state index contributed by atoms with van der Waals surface area (Å²) in [5.74, 6) is -2.73. The lowest BCUT2D eigenvalue weighted by Crippen LogP contribution is -2.49. The number of ketones is 1. The van der Waals surface area contributed by atoms with Gasteiger partial charge in [-0.1, -0.05) is 0 Å². The van der Waals surface area contributed by atoms with Crippen LogP contribution in [0.2, 0.25) is 0 Å². The topological polar surface area (TPSA) is 135 Å². The molecule has 0 atom stereocenters. The average Bonchev–Trinajstić information content (AvgIpc) is 3.62. The Morgan fingerprint density at radius 1 is 1.21 bits per heavy atom. The second-order valence-electron chi connectivity index (χ2n) is 8.87. The van der Waals surface area contributed by atoms with Gasteiger partial charge in [0.15, 0.2) is 0 Å². The highest BCUT2D eigenvalue weighted by molar-refractivity contribution is 6.43. The first-order chi connectivity index (χ1) is 18.2. The molecule has 0 unspecified atom stereocenters. The molecule has 1 aliphatic rings. The summed E-state index contributed by atoms with van der Waals surface area (Å²) in [4.78, 5) is 43.3. The van der Waals surface area contributed by atoms with Gasteiger partial charge in [0.05, 0.1) is 30.6 Å². The minimum Gasteiger partial charge on any atom is -0.340 e. The van der Waals surface area contributed by atoms with Crippen molar-refractivity contribution in [3.05, 3.63) is 58.4 Å². The maximum absolute atomic E-state index is 13.5. The molecule has 10 nitrogen and oxygen atoms in total. The number of alkyl halides is 4. The molecule has 4 heterocycles. The van der Waals surface area contributed by atoms with Gasteiger partial charge in [-0.15, -0.1) is 0 Å². The smallest absolute Gasteiger partial charge is 0.293 e. The molecule has 0 saturated carbocycles. The number of aromatic amines is 1. The second kappa shape index (κ2) is 11.1. The van der Waals surface area contributed by atoms with Gasteiger partial charge >= 0.3 is 0 Å². The van der Waals surface area contributed by atoms with E-state index in [4.69, 9.17) is 0 Å². The number of nitrogens with one attached hydrogen (secondary N) is 3. The molecular weight excluding hydrogens is 510 g/mol. The zero-order chi connectivity index (χ0) is 27.4. The summed E-state index contributed by atoms with van der Waals surface area (Å²) in [5.41, 5.74) is -1.12. The molecule has 0 aliphatic carbocycles. The molecule has 3 aromatic heterocycles. The summed E-state index contributed by atoms with van der Waals surface area (Å²) >= 11 is 0. The van der Waals surface area contributed by atoms with E-state index < -0.39 is 48.6 Å². The number of pyridine rings is 1. The van der Waals surface area contributed by atoms with Crippen LogP contribution in [0.3, 0.4) is 0 Å². The van der Waals surface area contributed by atoms with Crippen molar-refractivity contribution < 1.29 is 31.9 Å². The van der Waals surface area contributed by atoms with Gasteiger partial charge in [-0.25, -0.2) is 8.78 Å². The van der Waals surface area contributed by atoms with Gasteiger partial charge in [0, 0.05) is 37.0 Å². The van der Waals surface area contributed by atoms with Crippen LogP contribution in [0.1, 0.15) is 69.2 Å². The number of carbonyl (C=O) groups excluding carboxylic acids is 3. The van der Waals surface area contributed by atoms with E-state index in [-0.39, 0.29) is 41.0 Å². The van der Waals surface area contributed by atoms with Crippen molar-refractivity contribution in [1.82, 2.24) is 30.3 Å². The molecule has 4 rings (SSSR count). The van der Waals surface area contributed by atoms with Gasteiger partial charge < -0.3 is 15.2 Å². The van der Waals surface area contributed by atoms with Crippen molar-refractivity contribution in [3.63, 3.8) is 0 Å². The van der Waals surface area contributed by atoms with Gasteiger partial charge in [-0.05, 0) is 37.5 Å². The van der Waals surface area contributed by atoms with Crippen molar-refractivity contribution in [2.75, 3.05) is 18.7 Å². The molecule has 2 amide bonds. The Bertz CT molecular complexity index is 1330. The van der Waals surface area contributed by atoms with Crippen LogP contribution in [-0.2, 0) is 23.3 Å². The van der Waals surface area contributed by atoms with Crippen LogP contribution < -0.4 is 10.6 Å². The van der Waals surface area contributed by atoms with E-state index in [1.165, 1.54) is 19.2 Å². The summed E-state index contributed by atoms with van der Waals surface area (Å²) in [5, 5.41) is 14.9. The van der Waals surface area contributed by atoms with Crippen molar-refractivity contribution in [3.8, 4) is 0 Å². The molecule has 1 aliphatic heterocycles. The predicted molar refractivity (Wildman–Crippen MR) is 126 cm³/mol.